The summed E-state index contributed by atoms with van der Waals surface area (Å²) in [7, 11) is 0. The number of nitrogens with zero attached hydrogens (tertiary/aromatic N) is 1. The zero-order valence-electron chi connectivity index (χ0n) is 8.44. The maximum atomic E-state index is 11.7. The summed E-state index contributed by atoms with van der Waals surface area (Å²) in [4.78, 5) is 13.5. The Kier molecular flexibility index (Phi) is 2.86. The maximum Gasteiger partial charge on any atom is 0.227 e. The van der Waals surface area contributed by atoms with Gasteiger partial charge in [0.2, 0.25) is 5.91 Å². The smallest absolute Gasteiger partial charge is 0.227 e. The molecule has 0 saturated heterocycles. The van der Waals surface area contributed by atoms with Gasteiger partial charge >= 0.3 is 0 Å². The van der Waals surface area contributed by atoms with Crippen molar-refractivity contribution in [3.63, 3.8) is 0 Å². The van der Waals surface area contributed by atoms with Gasteiger partial charge in [-0.25, -0.2) is 0 Å². The van der Waals surface area contributed by atoms with E-state index >= 15 is 0 Å². The molecular weight excluding hydrogens is 208 g/mol. The predicted molar refractivity (Wildman–Crippen MR) is 65.4 cm³/mol. The molecule has 0 bridgehead atoms. The lowest BCUT2D eigenvalue weighted by Crippen LogP contribution is -2.36. The molecule has 1 aromatic carbocycles. The number of benzene rings is 1. The number of hydrogen-bond donors (Lipinski definition) is 2. The van der Waals surface area contributed by atoms with Crippen LogP contribution in [0.1, 0.15) is 12.0 Å². The van der Waals surface area contributed by atoms with Crippen molar-refractivity contribution in [3.8, 4) is 0 Å². The molecule has 0 aliphatic carbocycles. The summed E-state index contributed by atoms with van der Waals surface area (Å²) >= 11 is 4.16. The highest BCUT2D eigenvalue weighted by atomic mass is 32.1. The van der Waals surface area contributed by atoms with Crippen LogP contribution in [0.5, 0.6) is 0 Å². The first-order chi connectivity index (χ1) is 7.22. The third-order valence-electron chi connectivity index (χ3n) is 2.63. The Bertz CT molecular complexity index is 392. The summed E-state index contributed by atoms with van der Waals surface area (Å²) < 4.78 is 0. The fraction of sp³-hybridized carbons (Fsp3) is 0.364. The zero-order valence-corrected chi connectivity index (χ0v) is 9.33. The Balaban J connectivity index is 2.39. The number of carbonyl (C=O) groups excluding carboxylic acids is 1. The normalized spacial score (nSPS) is 15.3. The Labute approximate surface area is 94.7 Å². The lowest BCUT2D eigenvalue weighted by Gasteiger charge is -2.29. The molecule has 1 amide bonds. The summed E-state index contributed by atoms with van der Waals surface area (Å²) in [5.41, 5.74) is 8.63. The molecule has 2 N–H and O–H groups in total. The van der Waals surface area contributed by atoms with Gasteiger partial charge < -0.3 is 10.6 Å². The molecular formula is C11H14N2OS. The van der Waals surface area contributed by atoms with Crippen molar-refractivity contribution in [1.82, 2.24) is 0 Å². The summed E-state index contributed by atoms with van der Waals surface area (Å²) in [5.74, 6) is 0.858. The lowest BCUT2D eigenvalue weighted by molar-refractivity contribution is -0.118. The molecule has 0 saturated carbocycles. The number of rotatable bonds is 2. The van der Waals surface area contributed by atoms with E-state index < -0.39 is 0 Å². The van der Waals surface area contributed by atoms with E-state index in [1.165, 1.54) is 0 Å². The Morgan fingerprint density at radius 2 is 2.20 bits per heavy atom. The highest BCUT2D eigenvalue weighted by molar-refractivity contribution is 7.80. The molecule has 4 heteroatoms. The van der Waals surface area contributed by atoms with Crippen LogP contribution in [0, 0.1) is 0 Å². The minimum absolute atomic E-state index is 0.182. The number of thiol groups is 1. The van der Waals surface area contributed by atoms with Gasteiger partial charge in [-0.2, -0.15) is 12.6 Å². The largest absolute Gasteiger partial charge is 0.399 e. The van der Waals surface area contributed by atoms with E-state index in [1.807, 2.05) is 18.2 Å². The molecule has 1 aliphatic rings. The van der Waals surface area contributed by atoms with E-state index in [0.29, 0.717) is 18.7 Å². The highest BCUT2D eigenvalue weighted by Gasteiger charge is 2.23. The summed E-state index contributed by atoms with van der Waals surface area (Å²) in [6.45, 7) is 0.666. The highest BCUT2D eigenvalue weighted by Crippen LogP contribution is 2.29. The molecule has 1 aliphatic heterocycles. The molecule has 0 aromatic heterocycles. The van der Waals surface area contributed by atoms with Gasteiger partial charge in [-0.3, -0.25) is 4.79 Å². The van der Waals surface area contributed by atoms with E-state index in [9.17, 15) is 4.79 Å². The van der Waals surface area contributed by atoms with Crippen molar-refractivity contribution in [2.45, 2.75) is 12.8 Å². The third kappa shape index (κ3) is 1.95. The number of hydrogen-bond acceptors (Lipinski definition) is 3. The average Bonchev–Trinajstić information content (AvgIpc) is 2.22. The Hall–Kier alpha value is -1.16. The second-order valence-electron chi connectivity index (χ2n) is 3.66. The number of nitrogens with two attached hydrogens (primary N) is 1. The van der Waals surface area contributed by atoms with Gasteiger partial charge in [-0.05, 0) is 30.2 Å². The van der Waals surface area contributed by atoms with Gasteiger partial charge in [0.25, 0.3) is 0 Å². The van der Waals surface area contributed by atoms with Crippen LogP contribution in [-0.2, 0) is 11.2 Å². The van der Waals surface area contributed by atoms with E-state index in [-0.39, 0.29) is 5.91 Å². The maximum absolute atomic E-state index is 11.7. The molecule has 1 heterocycles. The van der Waals surface area contributed by atoms with Crippen molar-refractivity contribution in [2.75, 3.05) is 22.9 Å². The molecule has 0 radical (unpaired) electrons. The minimum atomic E-state index is 0.182. The monoisotopic (exact) mass is 222 g/mol. The molecule has 3 nitrogen and oxygen atoms in total. The van der Waals surface area contributed by atoms with E-state index in [0.717, 1.165) is 23.4 Å². The van der Waals surface area contributed by atoms with E-state index in [1.54, 1.807) is 4.90 Å². The minimum Gasteiger partial charge on any atom is -0.399 e. The Morgan fingerprint density at radius 3 is 2.93 bits per heavy atom. The standard InChI is InChI=1S/C11H14N2OS/c12-9-2-3-10-8(7-9)1-4-11(14)13(10)5-6-15/h2-3,7,15H,1,4-6,12H2. The summed E-state index contributed by atoms with van der Waals surface area (Å²) in [5, 5.41) is 0. The average molecular weight is 222 g/mol. The first-order valence-corrected chi connectivity index (χ1v) is 5.65. The number of carbonyl (C=O) groups is 1. The van der Waals surface area contributed by atoms with Gasteiger partial charge in [-0.15, -0.1) is 0 Å². The fourth-order valence-corrected chi connectivity index (χ4v) is 2.13. The molecule has 0 spiro atoms. The first kappa shape index (κ1) is 10.4. The van der Waals surface area contributed by atoms with Crippen LogP contribution in [0.4, 0.5) is 11.4 Å². The second-order valence-corrected chi connectivity index (χ2v) is 4.10. The van der Waals surface area contributed by atoms with E-state index in [4.69, 9.17) is 5.73 Å². The number of nitrogen functional groups attached to an aromatic ring is 1. The van der Waals surface area contributed by atoms with Crippen molar-refractivity contribution in [1.29, 1.82) is 0 Å². The van der Waals surface area contributed by atoms with Crippen molar-refractivity contribution >= 4 is 29.9 Å². The van der Waals surface area contributed by atoms with Gasteiger partial charge in [0, 0.05) is 30.1 Å². The SMILES string of the molecule is Nc1ccc2c(c1)CCC(=O)N2CCS. The number of aryl methyl sites for hydroxylation is 1. The molecule has 0 fully saturated rings. The van der Waals surface area contributed by atoms with Crippen LogP contribution in [0.15, 0.2) is 18.2 Å². The van der Waals surface area contributed by atoms with Crippen LogP contribution < -0.4 is 10.6 Å². The molecule has 1 aromatic rings. The van der Waals surface area contributed by atoms with Crippen LogP contribution in [0.2, 0.25) is 0 Å². The topological polar surface area (TPSA) is 46.3 Å². The van der Waals surface area contributed by atoms with Crippen LogP contribution in [-0.4, -0.2) is 18.2 Å². The predicted octanol–water partition coefficient (Wildman–Crippen LogP) is 1.48. The number of amides is 1. The van der Waals surface area contributed by atoms with Crippen molar-refractivity contribution in [2.24, 2.45) is 0 Å². The number of fused-ring (bicyclic) bond motifs is 1. The van der Waals surface area contributed by atoms with E-state index in [2.05, 4.69) is 12.6 Å². The first-order valence-electron chi connectivity index (χ1n) is 5.02. The number of anilines is 2. The van der Waals surface area contributed by atoms with Crippen molar-refractivity contribution in [3.05, 3.63) is 23.8 Å². The van der Waals surface area contributed by atoms with Gasteiger partial charge in [0.1, 0.15) is 0 Å². The molecule has 80 valence electrons. The van der Waals surface area contributed by atoms with Gasteiger partial charge in [0.05, 0.1) is 0 Å². The molecule has 2 rings (SSSR count). The summed E-state index contributed by atoms with van der Waals surface area (Å²) in [6, 6.07) is 5.71. The third-order valence-corrected chi connectivity index (χ3v) is 2.83. The van der Waals surface area contributed by atoms with Crippen LogP contribution >= 0.6 is 12.6 Å². The molecule has 0 unspecified atom stereocenters. The van der Waals surface area contributed by atoms with Crippen LogP contribution in [0.3, 0.4) is 0 Å². The Morgan fingerprint density at radius 1 is 1.40 bits per heavy atom. The zero-order chi connectivity index (χ0) is 10.8. The summed E-state index contributed by atoms with van der Waals surface area (Å²) in [6.07, 6.45) is 1.37. The molecule has 15 heavy (non-hydrogen) atoms. The fourth-order valence-electron chi connectivity index (χ4n) is 1.93. The van der Waals surface area contributed by atoms with Crippen LogP contribution in [0.25, 0.3) is 0 Å². The lowest BCUT2D eigenvalue weighted by atomic mass is 10.0. The van der Waals surface area contributed by atoms with Gasteiger partial charge in [0.15, 0.2) is 0 Å². The quantitative estimate of drug-likeness (QED) is 0.588. The second kappa shape index (κ2) is 4.14. The van der Waals surface area contributed by atoms with Crippen molar-refractivity contribution < 1.29 is 4.79 Å². The molecule has 0 atom stereocenters. The van der Waals surface area contributed by atoms with Gasteiger partial charge in [-0.1, -0.05) is 0 Å².